The Labute approximate surface area is 106 Å². The minimum atomic E-state index is -0.727. The molecule has 0 amide bonds. The standard InChI is InChI=1S/C13H17N3O2/c1-16-5-3-8(7-16)11-2-4-14-12(15-11)9-6-10(9)13(17)18/h2,4,8-10H,3,5-7H2,1H3,(H,17,18). The fraction of sp³-hybridized carbons (Fsp3) is 0.615. The van der Waals surface area contributed by atoms with Crippen LogP contribution in [0.4, 0.5) is 0 Å². The van der Waals surface area contributed by atoms with Crippen molar-refractivity contribution in [2.45, 2.75) is 24.7 Å². The molecule has 18 heavy (non-hydrogen) atoms. The maximum absolute atomic E-state index is 10.9. The average molecular weight is 247 g/mol. The van der Waals surface area contributed by atoms with Crippen molar-refractivity contribution in [3.8, 4) is 0 Å². The third kappa shape index (κ3) is 2.10. The maximum atomic E-state index is 10.9. The largest absolute Gasteiger partial charge is 0.481 e. The smallest absolute Gasteiger partial charge is 0.307 e. The van der Waals surface area contributed by atoms with Gasteiger partial charge in [-0.15, -0.1) is 0 Å². The molecule has 0 bridgehead atoms. The first-order chi connectivity index (χ1) is 8.65. The molecule has 3 rings (SSSR count). The normalized spacial score (nSPS) is 31.5. The van der Waals surface area contributed by atoms with E-state index in [9.17, 15) is 4.79 Å². The summed E-state index contributed by atoms with van der Waals surface area (Å²) >= 11 is 0. The lowest BCUT2D eigenvalue weighted by molar-refractivity contribution is -0.138. The van der Waals surface area contributed by atoms with Gasteiger partial charge in [-0.2, -0.15) is 0 Å². The molecule has 1 aromatic rings. The second kappa shape index (κ2) is 4.31. The number of aliphatic carboxylic acids is 1. The van der Waals surface area contributed by atoms with Crippen LogP contribution in [0, 0.1) is 5.92 Å². The predicted molar refractivity (Wildman–Crippen MR) is 65.4 cm³/mol. The minimum Gasteiger partial charge on any atom is -0.481 e. The molecular formula is C13H17N3O2. The molecule has 2 fully saturated rings. The van der Waals surface area contributed by atoms with E-state index in [0.717, 1.165) is 31.0 Å². The lowest BCUT2D eigenvalue weighted by Gasteiger charge is -2.10. The number of nitrogens with zero attached hydrogens (tertiary/aromatic N) is 3. The Morgan fingerprint density at radius 3 is 3.00 bits per heavy atom. The Bertz CT molecular complexity index is 477. The van der Waals surface area contributed by atoms with Crippen LogP contribution < -0.4 is 0 Å². The summed E-state index contributed by atoms with van der Waals surface area (Å²) in [6.07, 6.45) is 3.58. The van der Waals surface area contributed by atoms with Crippen molar-refractivity contribution < 1.29 is 9.90 Å². The Morgan fingerprint density at radius 1 is 1.56 bits per heavy atom. The van der Waals surface area contributed by atoms with Gasteiger partial charge in [-0.3, -0.25) is 4.79 Å². The summed E-state index contributed by atoms with van der Waals surface area (Å²) in [5, 5.41) is 8.94. The Balaban J connectivity index is 1.76. The van der Waals surface area contributed by atoms with Crippen LogP contribution in [0.2, 0.25) is 0 Å². The molecule has 3 unspecified atom stereocenters. The molecule has 1 N–H and O–H groups in total. The predicted octanol–water partition coefficient (Wildman–Crippen LogP) is 1.08. The van der Waals surface area contributed by atoms with E-state index in [-0.39, 0.29) is 11.8 Å². The topological polar surface area (TPSA) is 66.3 Å². The van der Waals surface area contributed by atoms with Gasteiger partial charge in [0.05, 0.1) is 5.92 Å². The molecule has 2 aliphatic rings. The number of hydrogen-bond donors (Lipinski definition) is 1. The van der Waals surface area contributed by atoms with Gasteiger partial charge in [0.2, 0.25) is 0 Å². The van der Waals surface area contributed by atoms with Crippen LogP contribution in [0.3, 0.4) is 0 Å². The van der Waals surface area contributed by atoms with Crippen molar-refractivity contribution >= 4 is 5.97 Å². The van der Waals surface area contributed by atoms with E-state index in [2.05, 4.69) is 21.9 Å². The lowest BCUT2D eigenvalue weighted by atomic mass is 10.0. The van der Waals surface area contributed by atoms with Gasteiger partial charge in [-0.1, -0.05) is 0 Å². The molecule has 0 aromatic carbocycles. The zero-order chi connectivity index (χ0) is 12.7. The summed E-state index contributed by atoms with van der Waals surface area (Å²) in [5.41, 5.74) is 1.07. The summed E-state index contributed by atoms with van der Waals surface area (Å²) in [7, 11) is 2.11. The fourth-order valence-electron chi connectivity index (χ4n) is 2.72. The van der Waals surface area contributed by atoms with Crippen molar-refractivity contribution in [2.24, 2.45) is 5.92 Å². The number of rotatable bonds is 3. The monoisotopic (exact) mass is 247 g/mol. The highest BCUT2D eigenvalue weighted by atomic mass is 16.4. The molecule has 96 valence electrons. The average Bonchev–Trinajstić information content (AvgIpc) is 3.06. The van der Waals surface area contributed by atoms with E-state index in [1.807, 2.05) is 6.07 Å². The van der Waals surface area contributed by atoms with Crippen LogP contribution in [0.1, 0.15) is 36.2 Å². The number of carboxylic acids is 1. The van der Waals surface area contributed by atoms with Gasteiger partial charge in [0.1, 0.15) is 5.82 Å². The molecular weight excluding hydrogens is 230 g/mol. The molecule has 1 saturated heterocycles. The number of likely N-dealkylation sites (N-methyl/N-ethyl adjacent to an activating group) is 1. The molecule has 2 heterocycles. The van der Waals surface area contributed by atoms with Gasteiger partial charge in [-0.05, 0) is 32.5 Å². The summed E-state index contributed by atoms with van der Waals surface area (Å²) in [4.78, 5) is 22.0. The highest BCUT2D eigenvalue weighted by Crippen LogP contribution is 2.46. The van der Waals surface area contributed by atoms with E-state index in [0.29, 0.717) is 12.3 Å². The van der Waals surface area contributed by atoms with E-state index in [1.165, 1.54) is 0 Å². The zero-order valence-corrected chi connectivity index (χ0v) is 10.4. The number of carbonyl (C=O) groups is 1. The highest BCUT2D eigenvalue weighted by Gasteiger charge is 2.46. The van der Waals surface area contributed by atoms with Gasteiger partial charge in [0, 0.05) is 30.3 Å². The lowest BCUT2D eigenvalue weighted by Crippen LogP contribution is -2.14. The molecule has 3 atom stereocenters. The highest BCUT2D eigenvalue weighted by molar-refractivity contribution is 5.74. The van der Waals surface area contributed by atoms with Crippen LogP contribution in [0.5, 0.6) is 0 Å². The molecule has 1 aromatic heterocycles. The number of aromatic nitrogens is 2. The molecule has 0 radical (unpaired) electrons. The molecule has 1 aliphatic carbocycles. The van der Waals surface area contributed by atoms with Crippen molar-refractivity contribution in [3.63, 3.8) is 0 Å². The molecule has 5 heteroatoms. The maximum Gasteiger partial charge on any atom is 0.307 e. The molecule has 5 nitrogen and oxygen atoms in total. The van der Waals surface area contributed by atoms with Gasteiger partial charge in [0.15, 0.2) is 0 Å². The third-order valence-corrected chi connectivity index (χ3v) is 3.94. The number of carboxylic acid groups (broad SMARTS) is 1. The van der Waals surface area contributed by atoms with E-state index in [1.54, 1.807) is 6.20 Å². The van der Waals surface area contributed by atoms with E-state index >= 15 is 0 Å². The Hall–Kier alpha value is -1.49. The minimum absolute atomic E-state index is 0.0292. The SMILES string of the molecule is CN1CCC(c2ccnc(C3CC3C(=O)O)n2)C1. The first-order valence-electron chi connectivity index (χ1n) is 6.39. The van der Waals surface area contributed by atoms with Gasteiger partial charge in [-0.25, -0.2) is 9.97 Å². The Kier molecular flexibility index (Phi) is 2.78. The van der Waals surface area contributed by atoms with Gasteiger partial charge < -0.3 is 10.0 Å². The van der Waals surface area contributed by atoms with Crippen LogP contribution in [0.15, 0.2) is 12.3 Å². The van der Waals surface area contributed by atoms with Crippen LogP contribution in [0.25, 0.3) is 0 Å². The van der Waals surface area contributed by atoms with E-state index < -0.39 is 5.97 Å². The van der Waals surface area contributed by atoms with Crippen LogP contribution >= 0.6 is 0 Å². The molecule has 1 saturated carbocycles. The fourth-order valence-corrected chi connectivity index (χ4v) is 2.72. The summed E-state index contributed by atoms with van der Waals surface area (Å²) in [6, 6.07) is 1.96. The first-order valence-corrected chi connectivity index (χ1v) is 6.39. The Morgan fingerprint density at radius 2 is 2.39 bits per heavy atom. The molecule has 0 spiro atoms. The molecule has 1 aliphatic heterocycles. The van der Waals surface area contributed by atoms with E-state index in [4.69, 9.17) is 5.11 Å². The third-order valence-electron chi connectivity index (χ3n) is 3.94. The van der Waals surface area contributed by atoms with Crippen LogP contribution in [-0.4, -0.2) is 46.1 Å². The van der Waals surface area contributed by atoms with Crippen molar-refractivity contribution in [1.82, 2.24) is 14.9 Å². The van der Waals surface area contributed by atoms with Gasteiger partial charge >= 0.3 is 5.97 Å². The number of hydrogen-bond acceptors (Lipinski definition) is 4. The number of likely N-dealkylation sites (tertiary alicyclic amines) is 1. The van der Waals surface area contributed by atoms with Crippen molar-refractivity contribution in [1.29, 1.82) is 0 Å². The summed E-state index contributed by atoms with van der Waals surface area (Å²) < 4.78 is 0. The summed E-state index contributed by atoms with van der Waals surface area (Å²) in [5.74, 6) is 0.218. The summed E-state index contributed by atoms with van der Waals surface area (Å²) in [6.45, 7) is 2.13. The van der Waals surface area contributed by atoms with Gasteiger partial charge in [0.25, 0.3) is 0 Å². The quantitative estimate of drug-likeness (QED) is 0.866. The zero-order valence-electron chi connectivity index (χ0n) is 10.4. The first kappa shape index (κ1) is 11.6. The van der Waals surface area contributed by atoms with Crippen LogP contribution in [-0.2, 0) is 4.79 Å². The van der Waals surface area contributed by atoms with Crippen molar-refractivity contribution in [3.05, 3.63) is 23.8 Å². The van der Waals surface area contributed by atoms with Crippen molar-refractivity contribution in [2.75, 3.05) is 20.1 Å². The second-order valence-electron chi connectivity index (χ2n) is 5.37. The second-order valence-corrected chi connectivity index (χ2v) is 5.37.